The minimum atomic E-state index is 0.553. The van der Waals surface area contributed by atoms with Crippen LogP contribution in [0.15, 0.2) is 24.3 Å². The number of rotatable bonds is 4. The molecule has 2 heteroatoms. The Morgan fingerprint density at radius 3 is 2.46 bits per heavy atom. The van der Waals surface area contributed by atoms with Crippen molar-refractivity contribution in [2.75, 3.05) is 13.1 Å². The van der Waals surface area contributed by atoms with Gasteiger partial charge in [0.15, 0.2) is 0 Å². The summed E-state index contributed by atoms with van der Waals surface area (Å²) in [5.74, 6) is 0.553. The topological polar surface area (TPSA) is 12.0 Å². The summed E-state index contributed by atoms with van der Waals surface area (Å²) in [7, 11) is 0. The van der Waals surface area contributed by atoms with Gasteiger partial charge in [-0.1, -0.05) is 37.6 Å². The van der Waals surface area contributed by atoms with E-state index >= 15 is 0 Å². The molecule has 0 spiro atoms. The second kappa shape index (κ2) is 5.25. The zero-order valence-electron chi connectivity index (χ0n) is 8.18. The maximum Gasteiger partial charge on any atom is 0.0406 e. The van der Waals surface area contributed by atoms with E-state index < -0.39 is 0 Å². The Morgan fingerprint density at radius 2 is 1.92 bits per heavy atom. The van der Waals surface area contributed by atoms with Gasteiger partial charge >= 0.3 is 0 Å². The lowest BCUT2D eigenvalue weighted by Crippen LogP contribution is -2.19. The lowest BCUT2D eigenvalue weighted by molar-refractivity contribution is 0.635. The highest BCUT2D eigenvalue weighted by atomic mass is 35.5. The van der Waals surface area contributed by atoms with Gasteiger partial charge in [-0.2, -0.15) is 0 Å². The van der Waals surface area contributed by atoms with E-state index in [4.69, 9.17) is 11.6 Å². The molecule has 0 aromatic heterocycles. The van der Waals surface area contributed by atoms with E-state index in [0.717, 1.165) is 18.1 Å². The molecule has 1 aromatic rings. The summed E-state index contributed by atoms with van der Waals surface area (Å²) in [5.41, 5.74) is 1.34. The first kappa shape index (κ1) is 10.6. The van der Waals surface area contributed by atoms with Crippen LogP contribution in [0, 0.1) is 0 Å². The molecule has 0 bridgehead atoms. The fourth-order valence-corrected chi connectivity index (χ4v) is 1.40. The Labute approximate surface area is 85.1 Å². The van der Waals surface area contributed by atoms with Gasteiger partial charge in [-0.15, -0.1) is 0 Å². The predicted octanol–water partition coefficient (Wildman–Crippen LogP) is 3.05. The Morgan fingerprint density at radius 1 is 1.31 bits per heavy atom. The molecule has 0 aliphatic rings. The highest BCUT2D eigenvalue weighted by Crippen LogP contribution is 2.17. The number of nitrogens with one attached hydrogen (secondary N) is 1. The van der Waals surface area contributed by atoms with E-state index in [2.05, 4.69) is 31.3 Å². The van der Waals surface area contributed by atoms with Crippen LogP contribution in [0.5, 0.6) is 0 Å². The summed E-state index contributed by atoms with van der Waals surface area (Å²) in [5, 5.41) is 4.13. The Bertz CT molecular complexity index is 243. The number of hydrogen-bond acceptors (Lipinski definition) is 1. The zero-order valence-corrected chi connectivity index (χ0v) is 8.93. The van der Waals surface area contributed by atoms with Crippen molar-refractivity contribution in [3.8, 4) is 0 Å². The van der Waals surface area contributed by atoms with Gasteiger partial charge in [0.25, 0.3) is 0 Å². The second-order valence-corrected chi connectivity index (χ2v) is 3.70. The molecule has 0 saturated heterocycles. The van der Waals surface area contributed by atoms with Crippen molar-refractivity contribution in [3.63, 3.8) is 0 Å². The summed E-state index contributed by atoms with van der Waals surface area (Å²) < 4.78 is 0. The molecule has 1 atom stereocenters. The number of hydrogen-bond donors (Lipinski definition) is 1. The molecule has 13 heavy (non-hydrogen) atoms. The van der Waals surface area contributed by atoms with Gasteiger partial charge in [0, 0.05) is 11.6 Å². The second-order valence-electron chi connectivity index (χ2n) is 3.26. The van der Waals surface area contributed by atoms with E-state index in [9.17, 15) is 0 Å². The van der Waals surface area contributed by atoms with Crippen LogP contribution in [-0.2, 0) is 0 Å². The van der Waals surface area contributed by atoms with Gasteiger partial charge in [-0.25, -0.2) is 0 Å². The Kier molecular flexibility index (Phi) is 4.26. The maximum absolute atomic E-state index is 5.81. The molecule has 1 rings (SSSR count). The van der Waals surface area contributed by atoms with Crippen LogP contribution in [0.1, 0.15) is 25.3 Å². The molecular weight excluding hydrogens is 182 g/mol. The SMILES string of the molecule is CCNCC(C)c1ccc(Cl)cc1. The third-order valence-electron chi connectivity index (χ3n) is 2.14. The van der Waals surface area contributed by atoms with Crippen molar-refractivity contribution in [3.05, 3.63) is 34.9 Å². The molecule has 0 amide bonds. The van der Waals surface area contributed by atoms with Gasteiger partial charge in [0.2, 0.25) is 0 Å². The van der Waals surface area contributed by atoms with Gasteiger partial charge < -0.3 is 5.32 Å². The fourth-order valence-electron chi connectivity index (χ4n) is 1.27. The Hall–Kier alpha value is -0.530. The molecule has 1 unspecified atom stereocenters. The van der Waals surface area contributed by atoms with Crippen LogP contribution in [0.2, 0.25) is 5.02 Å². The van der Waals surface area contributed by atoms with Crippen molar-refractivity contribution in [1.29, 1.82) is 0 Å². The average Bonchev–Trinajstić information content (AvgIpc) is 2.15. The van der Waals surface area contributed by atoms with E-state index in [1.54, 1.807) is 0 Å². The molecule has 0 heterocycles. The van der Waals surface area contributed by atoms with Gasteiger partial charge in [-0.05, 0) is 30.2 Å². The summed E-state index contributed by atoms with van der Waals surface area (Å²) in [6, 6.07) is 8.06. The molecule has 0 radical (unpaired) electrons. The molecule has 0 saturated carbocycles. The summed E-state index contributed by atoms with van der Waals surface area (Å²) in [6.45, 7) is 6.39. The zero-order chi connectivity index (χ0) is 9.68. The molecule has 0 aliphatic carbocycles. The normalized spacial score (nSPS) is 12.8. The molecule has 0 fully saturated rings. The molecular formula is C11H16ClN. The largest absolute Gasteiger partial charge is 0.316 e. The van der Waals surface area contributed by atoms with Crippen LogP contribution in [0.4, 0.5) is 0 Å². The lowest BCUT2D eigenvalue weighted by atomic mass is 10.0. The Balaban J connectivity index is 2.55. The fraction of sp³-hybridized carbons (Fsp3) is 0.455. The summed E-state index contributed by atoms with van der Waals surface area (Å²) >= 11 is 5.81. The molecule has 1 nitrogen and oxygen atoms in total. The van der Waals surface area contributed by atoms with Gasteiger partial charge in [-0.3, -0.25) is 0 Å². The van der Waals surface area contributed by atoms with E-state index in [1.165, 1.54) is 5.56 Å². The standard InChI is InChI=1S/C11H16ClN/c1-3-13-8-9(2)10-4-6-11(12)7-5-10/h4-7,9,13H,3,8H2,1-2H3. The van der Waals surface area contributed by atoms with Crippen molar-refractivity contribution >= 4 is 11.6 Å². The monoisotopic (exact) mass is 197 g/mol. The van der Waals surface area contributed by atoms with Gasteiger partial charge in [0.1, 0.15) is 0 Å². The van der Waals surface area contributed by atoms with Crippen molar-refractivity contribution < 1.29 is 0 Å². The van der Waals surface area contributed by atoms with E-state index in [1.807, 2.05) is 12.1 Å². The number of halogens is 1. The smallest absolute Gasteiger partial charge is 0.0406 e. The third-order valence-corrected chi connectivity index (χ3v) is 2.39. The highest BCUT2D eigenvalue weighted by Gasteiger charge is 2.03. The van der Waals surface area contributed by atoms with Crippen LogP contribution in [-0.4, -0.2) is 13.1 Å². The van der Waals surface area contributed by atoms with Gasteiger partial charge in [0.05, 0.1) is 0 Å². The first-order valence-corrected chi connectivity index (χ1v) is 5.08. The van der Waals surface area contributed by atoms with Crippen LogP contribution >= 0.6 is 11.6 Å². The first-order chi connectivity index (χ1) is 6.24. The van der Waals surface area contributed by atoms with Crippen LogP contribution in [0.25, 0.3) is 0 Å². The van der Waals surface area contributed by atoms with E-state index in [0.29, 0.717) is 5.92 Å². The van der Waals surface area contributed by atoms with Crippen molar-refractivity contribution in [1.82, 2.24) is 5.32 Å². The first-order valence-electron chi connectivity index (χ1n) is 4.70. The minimum absolute atomic E-state index is 0.553. The lowest BCUT2D eigenvalue weighted by Gasteiger charge is -2.11. The molecule has 1 N–H and O–H groups in total. The number of benzene rings is 1. The van der Waals surface area contributed by atoms with E-state index in [-0.39, 0.29) is 0 Å². The van der Waals surface area contributed by atoms with Crippen LogP contribution in [0.3, 0.4) is 0 Å². The molecule has 1 aromatic carbocycles. The average molecular weight is 198 g/mol. The minimum Gasteiger partial charge on any atom is -0.316 e. The third kappa shape index (κ3) is 3.37. The number of likely N-dealkylation sites (N-methyl/N-ethyl adjacent to an activating group) is 1. The quantitative estimate of drug-likeness (QED) is 0.783. The highest BCUT2D eigenvalue weighted by molar-refractivity contribution is 6.30. The molecule has 0 aliphatic heterocycles. The van der Waals surface area contributed by atoms with Crippen LogP contribution < -0.4 is 5.32 Å². The molecule has 72 valence electrons. The predicted molar refractivity (Wildman–Crippen MR) is 58.4 cm³/mol. The van der Waals surface area contributed by atoms with Crippen molar-refractivity contribution in [2.24, 2.45) is 0 Å². The maximum atomic E-state index is 5.81. The summed E-state index contributed by atoms with van der Waals surface area (Å²) in [6.07, 6.45) is 0. The van der Waals surface area contributed by atoms with Crippen molar-refractivity contribution in [2.45, 2.75) is 19.8 Å². The summed E-state index contributed by atoms with van der Waals surface area (Å²) in [4.78, 5) is 0.